The highest BCUT2D eigenvalue weighted by atomic mass is 32.1. The van der Waals surface area contributed by atoms with Crippen LogP contribution in [-0.4, -0.2) is 0 Å². The molecule has 0 unspecified atom stereocenters. The molecule has 0 amide bonds. The summed E-state index contributed by atoms with van der Waals surface area (Å²) in [5.74, 6) is 0. The van der Waals surface area contributed by atoms with Crippen LogP contribution in [0.2, 0.25) is 0 Å². The van der Waals surface area contributed by atoms with Crippen LogP contribution in [-0.2, 0) is 0 Å². The maximum Gasteiger partial charge on any atom is 0.0629 e. The van der Waals surface area contributed by atoms with Crippen LogP contribution in [0.4, 0.5) is 0 Å². The molecule has 1 aromatic heterocycles. The summed E-state index contributed by atoms with van der Waals surface area (Å²) < 4.78 is 74.5. The van der Waals surface area contributed by atoms with Crippen molar-refractivity contribution in [2.45, 2.75) is 0 Å². The molecule has 0 aliphatic carbocycles. The molecule has 0 saturated heterocycles. The minimum atomic E-state index is -0.413. The second-order valence-corrected chi connectivity index (χ2v) is 12.1. The van der Waals surface area contributed by atoms with Crippen LogP contribution in [0.1, 0.15) is 11.0 Å². The first-order valence-electron chi connectivity index (χ1n) is 18.8. The molecule has 210 valence electrons. The van der Waals surface area contributed by atoms with Crippen LogP contribution in [0.15, 0.2) is 170 Å². The van der Waals surface area contributed by atoms with Gasteiger partial charge in [0.15, 0.2) is 0 Å². The zero-order valence-corrected chi connectivity index (χ0v) is 24.8. The van der Waals surface area contributed by atoms with Gasteiger partial charge >= 0.3 is 0 Å². The predicted molar refractivity (Wildman–Crippen MR) is 196 cm³/mol. The third kappa shape index (κ3) is 4.20. The third-order valence-corrected chi connectivity index (χ3v) is 9.74. The van der Waals surface area contributed by atoms with Gasteiger partial charge in [-0.2, -0.15) is 0 Å². The number of hydrogen-bond donors (Lipinski definition) is 0. The first kappa shape index (κ1) is 19.0. The molecule has 0 aliphatic heterocycles. The molecule has 0 bridgehead atoms. The molecular weight excluding hydrogens is 561 g/mol. The molecule has 0 fully saturated rings. The van der Waals surface area contributed by atoms with E-state index in [0.717, 1.165) is 42.4 Å². The standard InChI is InChI=1S/C44H28S/c1-3-13-29(14-4-1)30-23-25-31(26-24-30)33-27-28-39(43-38-21-11-12-22-40(38)45-44(33)43)42-36-19-9-7-17-34(36)41(32-15-5-2-6-16-32)35-18-8-10-20-37(35)42/h1-28H/i7D,8D,9D,10D,17D,18D,19D,20D. The van der Waals surface area contributed by atoms with E-state index in [4.69, 9.17) is 5.48 Å². The maximum atomic E-state index is 9.39. The monoisotopic (exact) mass is 596 g/mol. The molecule has 0 N–H and O–H groups in total. The lowest BCUT2D eigenvalue weighted by atomic mass is 9.84. The zero-order valence-electron chi connectivity index (χ0n) is 32.0. The molecule has 1 heterocycles. The molecule has 0 saturated carbocycles. The van der Waals surface area contributed by atoms with Gasteiger partial charge in [0, 0.05) is 20.2 Å². The van der Waals surface area contributed by atoms with Crippen LogP contribution < -0.4 is 0 Å². The molecule has 0 atom stereocenters. The Morgan fingerprint density at radius 1 is 0.378 bits per heavy atom. The van der Waals surface area contributed by atoms with Gasteiger partial charge in [0.05, 0.1) is 11.0 Å². The lowest BCUT2D eigenvalue weighted by Crippen LogP contribution is -1.91. The highest BCUT2D eigenvalue weighted by molar-refractivity contribution is 7.26. The van der Waals surface area contributed by atoms with Crippen molar-refractivity contribution in [3.63, 3.8) is 0 Å². The summed E-state index contributed by atoms with van der Waals surface area (Å²) in [4.78, 5) is 0. The Morgan fingerprint density at radius 3 is 1.51 bits per heavy atom. The number of benzene rings is 8. The van der Waals surface area contributed by atoms with Crippen LogP contribution in [0.25, 0.3) is 86.2 Å². The van der Waals surface area contributed by atoms with E-state index in [1.807, 2.05) is 66.7 Å². The molecule has 0 spiro atoms. The summed E-state index contributed by atoms with van der Waals surface area (Å²) in [7, 11) is 0. The van der Waals surface area contributed by atoms with Crippen molar-refractivity contribution in [1.82, 2.24) is 0 Å². The van der Waals surface area contributed by atoms with Crippen molar-refractivity contribution in [2.24, 2.45) is 0 Å². The van der Waals surface area contributed by atoms with Crippen LogP contribution in [0, 0.1) is 0 Å². The fraction of sp³-hybridized carbons (Fsp3) is 0. The Balaban J connectivity index is 1.48. The van der Waals surface area contributed by atoms with Gasteiger partial charge in [-0.25, -0.2) is 0 Å². The number of fused-ring (bicyclic) bond motifs is 5. The van der Waals surface area contributed by atoms with E-state index in [0.29, 0.717) is 22.3 Å². The van der Waals surface area contributed by atoms with E-state index in [9.17, 15) is 5.48 Å². The number of rotatable bonds is 4. The number of thiophene rings is 1. The van der Waals surface area contributed by atoms with Crippen LogP contribution >= 0.6 is 11.3 Å². The Labute approximate surface area is 277 Å². The highest BCUT2D eigenvalue weighted by Crippen LogP contribution is 2.49. The van der Waals surface area contributed by atoms with Crippen molar-refractivity contribution >= 4 is 53.1 Å². The first-order chi connectivity index (χ1) is 25.7. The summed E-state index contributed by atoms with van der Waals surface area (Å²) in [6, 6.07) is 37.0. The molecule has 0 aliphatic rings. The van der Waals surface area contributed by atoms with Crippen LogP contribution in [0.3, 0.4) is 0 Å². The lowest BCUT2D eigenvalue weighted by Gasteiger charge is -2.19. The van der Waals surface area contributed by atoms with E-state index in [1.165, 1.54) is 0 Å². The average molecular weight is 597 g/mol. The van der Waals surface area contributed by atoms with Crippen molar-refractivity contribution in [3.8, 4) is 44.5 Å². The second-order valence-electron chi connectivity index (χ2n) is 11.0. The van der Waals surface area contributed by atoms with E-state index in [1.54, 1.807) is 23.5 Å². The maximum absolute atomic E-state index is 9.39. The SMILES string of the molecule is [2H]c1c([2H])c([2H])c2c(-c3ccc(-c4ccc(-c5ccccc5)cc4)c4sc5ccccc5c34)c3c([2H])c([2H])c([2H])c([2H])c3c(-c3ccccc3)c2c1[2H]. The highest BCUT2D eigenvalue weighted by Gasteiger charge is 2.21. The Hall–Kier alpha value is -5.50. The quantitative estimate of drug-likeness (QED) is 0.177. The minimum Gasteiger partial charge on any atom is -0.135 e. The van der Waals surface area contributed by atoms with Gasteiger partial charge in [0.2, 0.25) is 0 Å². The average Bonchev–Trinajstić information content (AvgIpc) is 3.60. The van der Waals surface area contributed by atoms with Crippen molar-refractivity contribution in [2.75, 3.05) is 0 Å². The van der Waals surface area contributed by atoms with E-state index in [2.05, 4.69) is 42.5 Å². The summed E-state index contributed by atoms with van der Waals surface area (Å²) >= 11 is 1.63. The normalized spacial score (nSPS) is 14.0. The van der Waals surface area contributed by atoms with Crippen LogP contribution in [0.5, 0.6) is 0 Å². The Morgan fingerprint density at radius 2 is 0.867 bits per heavy atom. The summed E-state index contributed by atoms with van der Waals surface area (Å²) in [5, 5.41) is 2.64. The molecule has 0 radical (unpaired) electrons. The molecule has 9 rings (SSSR count). The van der Waals surface area contributed by atoms with Gasteiger partial charge in [-0.3, -0.25) is 0 Å². The number of hydrogen-bond acceptors (Lipinski definition) is 1. The predicted octanol–water partition coefficient (Wildman–Crippen LogP) is 13.0. The summed E-state index contributed by atoms with van der Waals surface area (Å²) in [6.45, 7) is 0. The largest absolute Gasteiger partial charge is 0.135 e. The zero-order chi connectivity index (χ0) is 36.7. The van der Waals surface area contributed by atoms with E-state index in [-0.39, 0.29) is 45.7 Å². The van der Waals surface area contributed by atoms with Crippen molar-refractivity contribution in [1.29, 1.82) is 0 Å². The van der Waals surface area contributed by atoms with E-state index < -0.39 is 24.2 Å². The molecular formula is C44H28S. The van der Waals surface area contributed by atoms with Crippen molar-refractivity contribution < 1.29 is 11.0 Å². The topological polar surface area (TPSA) is 0 Å². The summed E-state index contributed by atoms with van der Waals surface area (Å²) in [6.07, 6.45) is 0. The summed E-state index contributed by atoms with van der Waals surface area (Å²) in [5.41, 5.74) is 6.13. The first-order valence-corrected chi connectivity index (χ1v) is 15.6. The molecule has 0 nitrogen and oxygen atoms in total. The lowest BCUT2D eigenvalue weighted by molar-refractivity contribution is 1.61. The molecule has 8 aromatic carbocycles. The Bertz CT molecular complexity index is 2870. The van der Waals surface area contributed by atoms with Gasteiger partial charge in [0.25, 0.3) is 0 Å². The van der Waals surface area contributed by atoms with Gasteiger partial charge in [-0.15, -0.1) is 11.3 Å². The van der Waals surface area contributed by atoms with Crippen molar-refractivity contribution in [3.05, 3.63) is 170 Å². The van der Waals surface area contributed by atoms with Gasteiger partial charge in [-0.1, -0.05) is 164 Å². The minimum absolute atomic E-state index is 0.211. The van der Waals surface area contributed by atoms with Gasteiger partial charge in [-0.05, 0) is 72.1 Å². The second kappa shape index (κ2) is 10.6. The molecule has 45 heavy (non-hydrogen) atoms. The fourth-order valence-electron chi connectivity index (χ4n) is 6.52. The molecule has 1 heteroatoms. The molecule has 9 aromatic rings. The fourth-order valence-corrected chi connectivity index (χ4v) is 7.79. The smallest absolute Gasteiger partial charge is 0.0629 e. The Kier molecular flexibility index (Phi) is 4.47. The van der Waals surface area contributed by atoms with Gasteiger partial charge < -0.3 is 0 Å². The third-order valence-electron chi connectivity index (χ3n) is 8.54. The van der Waals surface area contributed by atoms with Gasteiger partial charge in [0.1, 0.15) is 0 Å². The van der Waals surface area contributed by atoms with E-state index >= 15 is 0 Å².